The molecule has 0 aliphatic heterocycles. The van der Waals surface area contributed by atoms with E-state index >= 15 is 0 Å². The fraction of sp³-hybridized carbons (Fsp3) is 0.500. The number of hydrogen-bond acceptors (Lipinski definition) is 5. The quantitative estimate of drug-likeness (QED) is 0.403. The Labute approximate surface area is 83.7 Å². The SMILES string of the molecule is C=C(C)C(=O)O.CCS(=O)(=O)O.N.N. The maximum Gasteiger partial charge on any atom is 0.330 e. The first-order valence-electron chi connectivity index (χ1n) is 3.04. The summed E-state index contributed by atoms with van der Waals surface area (Å²) in [5.41, 5.74) is 0.176. The summed E-state index contributed by atoms with van der Waals surface area (Å²) in [4.78, 5) is 9.60. The molecule has 0 aliphatic rings. The van der Waals surface area contributed by atoms with Crippen LogP contribution < -0.4 is 12.3 Å². The van der Waals surface area contributed by atoms with Gasteiger partial charge in [0.1, 0.15) is 0 Å². The Morgan fingerprint density at radius 1 is 1.36 bits per heavy atom. The van der Waals surface area contributed by atoms with Gasteiger partial charge in [-0.3, -0.25) is 4.55 Å². The molecule has 0 saturated heterocycles. The first kappa shape index (κ1) is 23.1. The maximum atomic E-state index is 9.60. The lowest BCUT2D eigenvalue weighted by molar-refractivity contribution is -0.132. The van der Waals surface area contributed by atoms with Gasteiger partial charge in [0.2, 0.25) is 0 Å². The van der Waals surface area contributed by atoms with Gasteiger partial charge in [-0.2, -0.15) is 8.42 Å². The van der Waals surface area contributed by atoms with E-state index in [1.165, 1.54) is 13.8 Å². The minimum atomic E-state index is -3.66. The Bertz CT molecular complexity index is 247. The predicted octanol–water partition coefficient (Wildman–Crippen LogP) is 0.865. The molecule has 0 bridgehead atoms. The number of carboxylic acid groups (broad SMARTS) is 1. The summed E-state index contributed by atoms with van der Waals surface area (Å²) >= 11 is 0. The van der Waals surface area contributed by atoms with E-state index < -0.39 is 16.1 Å². The highest BCUT2D eigenvalue weighted by Gasteiger charge is 1.93. The van der Waals surface area contributed by atoms with Gasteiger partial charge >= 0.3 is 5.97 Å². The Morgan fingerprint density at radius 2 is 1.50 bits per heavy atom. The standard InChI is InChI=1S/C4H6O2.C2H6O3S.2H3N/c1-3(2)4(5)6;1-2-6(3,4)5;;/h1H2,2H3,(H,5,6);2H2,1H3,(H,3,4,5);2*1H3. The van der Waals surface area contributed by atoms with Crippen LogP contribution in [0.1, 0.15) is 13.8 Å². The van der Waals surface area contributed by atoms with Crippen LogP contribution in [-0.4, -0.2) is 29.8 Å². The van der Waals surface area contributed by atoms with Crippen molar-refractivity contribution in [2.75, 3.05) is 5.75 Å². The molecule has 0 heterocycles. The van der Waals surface area contributed by atoms with Gasteiger partial charge < -0.3 is 17.4 Å². The van der Waals surface area contributed by atoms with Crippen molar-refractivity contribution in [3.63, 3.8) is 0 Å². The lowest BCUT2D eigenvalue weighted by Gasteiger charge is -1.79. The van der Waals surface area contributed by atoms with Crippen molar-refractivity contribution in [3.8, 4) is 0 Å². The molecule has 0 rings (SSSR count). The molecule has 0 fully saturated rings. The van der Waals surface area contributed by atoms with Crippen LogP contribution in [0.4, 0.5) is 0 Å². The smallest absolute Gasteiger partial charge is 0.330 e. The molecule has 0 spiro atoms. The molecule has 0 aliphatic carbocycles. The normalized spacial score (nSPS) is 8.21. The van der Waals surface area contributed by atoms with E-state index in [2.05, 4.69) is 6.58 Å². The highest BCUT2D eigenvalue weighted by atomic mass is 32.2. The summed E-state index contributed by atoms with van der Waals surface area (Å²) in [7, 11) is -3.66. The van der Waals surface area contributed by atoms with Crippen molar-refractivity contribution >= 4 is 16.1 Å². The molecule has 88 valence electrons. The third-order valence-corrected chi connectivity index (χ3v) is 1.46. The Kier molecular flexibility index (Phi) is 16.7. The Hall–Kier alpha value is -0.960. The molecule has 0 saturated carbocycles. The summed E-state index contributed by atoms with van der Waals surface area (Å²) in [5, 5.41) is 7.89. The summed E-state index contributed by atoms with van der Waals surface area (Å²) in [5.74, 6) is -1.14. The average Bonchev–Trinajstić information content (AvgIpc) is 1.87. The van der Waals surface area contributed by atoms with Crippen molar-refractivity contribution in [3.05, 3.63) is 12.2 Å². The van der Waals surface area contributed by atoms with Crippen LogP contribution in [0.15, 0.2) is 12.2 Å². The molecule has 8 heteroatoms. The van der Waals surface area contributed by atoms with E-state index in [0.717, 1.165) is 0 Å². The van der Waals surface area contributed by atoms with Crippen molar-refractivity contribution in [2.24, 2.45) is 0 Å². The number of carboxylic acids is 1. The minimum Gasteiger partial charge on any atom is -0.478 e. The van der Waals surface area contributed by atoms with Crippen LogP contribution >= 0.6 is 0 Å². The molecule has 7 nitrogen and oxygen atoms in total. The lowest BCUT2D eigenvalue weighted by Crippen LogP contribution is -1.97. The van der Waals surface area contributed by atoms with Gasteiger partial charge in [0, 0.05) is 5.57 Å². The highest BCUT2D eigenvalue weighted by molar-refractivity contribution is 7.85. The predicted molar refractivity (Wildman–Crippen MR) is 54.6 cm³/mol. The van der Waals surface area contributed by atoms with Gasteiger partial charge in [0.25, 0.3) is 10.1 Å². The van der Waals surface area contributed by atoms with Crippen LogP contribution in [0.5, 0.6) is 0 Å². The highest BCUT2D eigenvalue weighted by Crippen LogP contribution is 1.81. The van der Waals surface area contributed by atoms with Crippen molar-refractivity contribution in [2.45, 2.75) is 13.8 Å². The van der Waals surface area contributed by atoms with Crippen LogP contribution in [0.25, 0.3) is 0 Å². The van der Waals surface area contributed by atoms with Crippen LogP contribution in [0, 0.1) is 0 Å². The first-order valence-corrected chi connectivity index (χ1v) is 4.65. The Balaban J connectivity index is -0.0000000625. The van der Waals surface area contributed by atoms with Crippen molar-refractivity contribution < 1.29 is 22.9 Å². The summed E-state index contributed by atoms with van der Waals surface area (Å²) in [6.45, 7) is 5.97. The van der Waals surface area contributed by atoms with Gasteiger partial charge in [-0.15, -0.1) is 0 Å². The molecular weight excluding hydrogens is 212 g/mol. The topological polar surface area (TPSA) is 162 Å². The zero-order chi connectivity index (χ0) is 10.4. The van der Waals surface area contributed by atoms with E-state index in [-0.39, 0.29) is 23.6 Å². The van der Waals surface area contributed by atoms with Gasteiger partial charge in [-0.1, -0.05) is 6.58 Å². The summed E-state index contributed by atoms with van der Waals surface area (Å²) in [6, 6.07) is 0. The zero-order valence-electron chi connectivity index (χ0n) is 8.36. The zero-order valence-corrected chi connectivity index (χ0v) is 9.17. The van der Waals surface area contributed by atoms with Gasteiger partial charge in [-0.25, -0.2) is 4.79 Å². The molecule has 0 aromatic rings. The molecule has 0 unspecified atom stereocenters. The summed E-state index contributed by atoms with van der Waals surface area (Å²) in [6.07, 6.45) is 0. The Morgan fingerprint density at radius 3 is 1.50 bits per heavy atom. The molecule has 0 radical (unpaired) electrons. The molecule has 0 amide bonds. The second-order valence-electron chi connectivity index (χ2n) is 1.96. The fourth-order valence-corrected chi connectivity index (χ4v) is 0. The molecule has 8 N–H and O–H groups in total. The van der Waals surface area contributed by atoms with E-state index in [9.17, 15) is 13.2 Å². The molecule has 14 heavy (non-hydrogen) atoms. The van der Waals surface area contributed by atoms with E-state index in [1.54, 1.807) is 0 Å². The van der Waals surface area contributed by atoms with E-state index in [4.69, 9.17) is 9.66 Å². The lowest BCUT2D eigenvalue weighted by atomic mass is 10.4. The molecule has 0 aromatic carbocycles. The van der Waals surface area contributed by atoms with Crippen molar-refractivity contribution in [1.82, 2.24) is 12.3 Å². The van der Waals surface area contributed by atoms with Gasteiger partial charge in [0.15, 0.2) is 0 Å². The number of carbonyl (C=O) groups is 1. The van der Waals surface area contributed by atoms with Crippen LogP contribution in [0.3, 0.4) is 0 Å². The van der Waals surface area contributed by atoms with E-state index in [1.807, 2.05) is 0 Å². The molecule has 0 atom stereocenters. The molecular formula is C6H18N2O5S. The third kappa shape index (κ3) is 30.5. The second kappa shape index (κ2) is 10.1. The second-order valence-corrected chi connectivity index (χ2v) is 3.70. The maximum absolute atomic E-state index is 9.60. The fourth-order valence-electron chi connectivity index (χ4n) is 0. The number of rotatable bonds is 2. The van der Waals surface area contributed by atoms with E-state index in [0.29, 0.717) is 0 Å². The van der Waals surface area contributed by atoms with Gasteiger partial charge in [0.05, 0.1) is 5.75 Å². The third-order valence-electron chi connectivity index (χ3n) is 0.730. The van der Waals surface area contributed by atoms with Crippen LogP contribution in [0.2, 0.25) is 0 Å². The van der Waals surface area contributed by atoms with Gasteiger partial charge in [-0.05, 0) is 13.8 Å². The minimum absolute atomic E-state index is 0. The van der Waals surface area contributed by atoms with Crippen molar-refractivity contribution in [1.29, 1.82) is 0 Å². The summed E-state index contributed by atoms with van der Waals surface area (Å²) < 4.78 is 26.9. The number of aliphatic carboxylic acids is 1. The number of hydrogen-bond donors (Lipinski definition) is 4. The first-order chi connectivity index (χ1) is 5.20. The molecule has 0 aromatic heterocycles. The monoisotopic (exact) mass is 230 g/mol. The average molecular weight is 230 g/mol. The largest absolute Gasteiger partial charge is 0.478 e. The van der Waals surface area contributed by atoms with Crippen LogP contribution in [-0.2, 0) is 14.9 Å².